The van der Waals surface area contributed by atoms with Gasteiger partial charge >= 0.3 is 0 Å². The lowest BCUT2D eigenvalue weighted by molar-refractivity contribution is 0.118. The highest BCUT2D eigenvalue weighted by atomic mass is 16.5. The summed E-state index contributed by atoms with van der Waals surface area (Å²) in [7, 11) is 0. The summed E-state index contributed by atoms with van der Waals surface area (Å²) in [5, 5.41) is 0. The van der Waals surface area contributed by atoms with Crippen molar-refractivity contribution in [3.8, 4) is 0 Å². The Balaban J connectivity index is 0.741. The normalized spacial score (nSPS) is 34.9. The van der Waals surface area contributed by atoms with Gasteiger partial charge in [-0.3, -0.25) is 0 Å². The SMILES string of the molecule is CCCCCCC1CCC(C2CCC(C3CC=C(CCCOCCCC4=CCC(C5CCC(C6CCC(CCCCCC)CC6)CC5)CC4)CC3)CC2)CC1. The van der Waals surface area contributed by atoms with E-state index in [0.717, 1.165) is 72.4 Å². The Hall–Kier alpha value is -0.560. The molecule has 1 nitrogen and oxygen atoms in total. The first-order valence-electron chi connectivity index (χ1n) is 26.1. The molecule has 0 aromatic carbocycles. The summed E-state index contributed by atoms with van der Waals surface area (Å²) in [6.45, 7) is 6.62. The average Bonchev–Trinajstić information content (AvgIpc) is 3.25. The summed E-state index contributed by atoms with van der Waals surface area (Å²) >= 11 is 0. The van der Waals surface area contributed by atoms with E-state index >= 15 is 0 Å². The lowest BCUT2D eigenvalue weighted by Crippen LogP contribution is -2.28. The van der Waals surface area contributed by atoms with Gasteiger partial charge in [-0.25, -0.2) is 0 Å². The zero-order valence-corrected chi connectivity index (χ0v) is 37.2. The molecule has 2 unspecified atom stereocenters. The van der Waals surface area contributed by atoms with Gasteiger partial charge in [0.15, 0.2) is 0 Å². The molecule has 0 bridgehead atoms. The Labute approximate surface area is 344 Å². The van der Waals surface area contributed by atoms with E-state index in [4.69, 9.17) is 4.74 Å². The van der Waals surface area contributed by atoms with Crippen LogP contribution < -0.4 is 0 Å². The highest BCUT2D eigenvalue weighted by Crippen LogP contribution is 2.47. The average molecular weight is 759 g/mol. The largest absolute Gasteiger partial charge is 0.381 e. The highest BCUT2D eigenvalue weighted by Gasteiger charge is 2.35. The third-order valence-electron chi connectivity index (χ3n) is 17.7. The van der Waals surface area contributed by atoms with Crippen LogP contribution in [0.4, 0.5) is 0 Å². The lowest BCUT2D eigenvalue weighted by atomic mass is 9.65. The van der Waals surface area contributed by atoms with Crippen molar-refractivity contribution in [2.45, 2.75) is 245 Å². The van der Waals surface area contributed by atoms with Crippen LogP contribution in [-0.2, 0) is 4.74 Å². The fourth-order valence-electron chi connectivity index (χ4n) is 13.8. The van der Waals surface area contributed by atoms with Gasteiger partial charge in [0.05, 0.1) is 0 Å². The number of allylic oxidation sites excluding steroid dienone is 4. The number of ether oxygens (including phenoxy) is 1. The maximum absolute atomic E-state index is 6.18. The van der Waals surface area contributed by atoms with E-state index in [1.807, 2.05) is 0 Å². The first kappa shape index (κ1) is 44.0. The first-order valence-corrected chi connectivity index (χ1v) is 26.1. The van der Waals surface area contributed by atoms with E-state index in [1.165, 1.54) is 128 Å². The van der Waals surface area contributed by atoms with Crippen molar-refractivity contribution in [1.29, 1.82) is 0 Å². The smallest absolute Gasteiger partial charge is 0.0469 e. The predicted molar refractivity (Wildman–Crippen MR) is 239 cm³/mol. The molecule has 4 fully saturated rings. The number of unbranched alkanes of at least 4 members (excludes halogenated alkanes) is 6. The van der Waals surface area contributed by atoms with Gasteiger partial charge in [0.2, 0.25) is 0 Å². The molecule has 0 N–H and O–H groups in total. The van der Waals surface area contributed by atoms with Crippen molar-refractivity contribution in [2.75, 3.05) is 13.2 Å². The minimum absolute atomic E-state index is 0.968. The molecule has 6 rings (SSSR count). The Bertz CT molecular complexity index is 969. The summed E-state index contributed by atoms with van der Waals surface area (Å²) < 4.78 is 6.18. The number of hydrogen-bond donors (Lipinski definition) is 0. The second-order valence-corrected chi connectivity index (χ2v) is 21.2. The highest BCUT2D eigenvalue weighted by molar-refractivity contribution is 5.08. The van der Waals surface area contributed by atoms with Crippen LogP contribution in [-0.4, -0.2) is 13.2 Å². The van der Waals surface area contributed by atoms with Crippen LogP contribution >= 0.6 is 0 Å². The number of hydrogen-bond acceptors (Lipinski definition) is 1. The third-order valence-corrected chi connectivity index (χ3v) is 17.7. The van der Waals surface area contributed by atoms with Gasteiger partial charge in [-0.15, -0.1) is 0 Å². The van der Waals surface area contributed by atoms with Crippen LogP contribution in [0.3, 0.4) is 0 Å². The minimum Gasteiger partial charge on any atom is -0.381 e. The Morgan fingerprint density at radius 2 is 0.727 bits per heavy atom. The van der Waals surface area contributed by atoms with Crippen molar-refractivity contribution in [1.82, 2.24) is 0 Å². The lowest BCUT2D eigenvalue weighted by Gasteiger charge is -2.40. The van der Waals surface area contributed by atoms with E-state index in [9.17, 15) is 0 Å². The second-order valence-electron chi connectivity index (χ2n) is 21.2. The van der Waals surface area contributed by atoms with Gasteiger partial charge < -0.3 is 4.74 Å². The van der Waals surface area contributed by atoms with Gasteiger partial charge in [-0.2, -0.15) is 0 Å². The molecule has 1 heteroatoms. The topological polar surface area (TPSA) is 9.23 Å². The van der Waals surface area contributed by atoms with Crippen molar-refractivity contribution in [2.24, 2.45) is 59.2 Å². The zero-order chi connectivity index (χ0) is 37.9. The van der Waals surface area contributed by atoms with Crippen molar-refractivity contribution >= 4 is 0 Å². The molecule has 0 spiro atoms. The summed E-state index contributed by atoms with van der Waals surface area (Å²) in [5.74, 6) is 10.5. The molecule has 0 saturated heterocycles. The Morgan fingerprint density at radius 1 is 0.382 bits per heavy atom. The molecule has 6 aliphatic rings. The number of rotatable bonds is 22. The van der Waals surface area contributed by atoms with Gasteiger partial charge in [-0.05, 0) is 200 Å². The van der Waals surface area contributed by atoms with Crippen LogP contribution in [0.15, 0.2) is 23.3 Å². The molecule has 0 amide bonds. The van der Waals surface area contributed by atoms with Crippen LogP contribution in [0, 0.1) is 59.2 Å². The molecule has 0 aliphatic heterocycles. The van der Waals surface area contributed by atoms with Gasteiger partial charge in [0.1, 0.15) is 0 Å². The Kier molecular flexibility index (Phi) is 20.1. The molecular weight excluding hydrogens is 665 g/mol. The molecule has 0 heterocycles. The quantitative estimate of drug-likeness (QED) is 0.0789. The summed E-state index contributed by atoms with van der Waals surface area (Å²) in [4.78, 5) is 0. The standard InChI is InChI=1S/C54H94O/c1-3-5-7-9-13-43-17-25-47(26-18-43)51-33-37-53(38-34-51)49-29-21-45(22-30-49)15-11-41-55-42-12-16-46-23-31-50(32-24-46)54-39-35-52(36-40-54)48-27-19-44(20-28-48)14-10-8-6-4-2/h21,23,43-44,47-54H,3-20,22,24-42H2,1-2H3. The summed E-state index contributed by atoms with van der Waals surface area (Å²) in [6, 6.07) is 0. The van der Waals surface area contributed by atoms with E-state index in [2.05, 4.69) is 26.0 Å². The molecule has 2 atom stereocenters. The van der Waals surface area contributed by atoms with Crippen molar-refractivity contribution < 1.29 is 4.74 Å². The molecule has 0 aromatic heterocycles. The molecule has 0 radical (unpaired) electrons. The molecule has 316 valence electrons. The molecule has 0 aromatic rings. The van der Waals surface area contributed by atoms with E-state index in [0.29, 0.717) is 0 Å². The van der Waals surface area contributed by atoms with Crippen LogP contribution in [0.1, 0.15) is 245 Å². The van der Waals surface area contributed by atoms with Crippen molar-refractivity contribution in [3.63, 3.8) is 0 Å². The monoisotopic (exact) mass is 759 g/mol. The van der Waals surface area contributed by atoms with E-state index < -0.39 is 0 Å². The predicted octanol–water partition coefficient (Wildman–Crippen LogP) is 17.2. The molecule has 55 heavy (non-hydrogen) atoms. The minimum atomic E-state index is 0.968. The maximum atomic E-state index is 6.18. The molecule has 6 aliphatic carbocycles. The fraction of sp³-hybridized carbons (Fsp3) is 0.926. The summed E-state index contributed by atoms with van der Waals surface area (Å²) in [5.41, 5.74) is 3.51. The van der Waals surface area contributed by atoms with Crippen LogP contribution in [0.5, 0.6) is 0 Å². The second kappa shape index (κ2) is 25.2. The van der Waals surface area contributed by atoms with Gasteiger partial charge in [0, 0.05) is 13.2 Å². The van der Waals surface area contributed by atoms with E-state index in [-0.39, 0.29) is 0 Å². The van der Waals surface area contributed by atoms with Gasteiger partial charge in [0.25, 0.3) is 0 Å². The van der Waals surface area contributed by atoms with Crippen molar-refractivity contribution in [3.05, 3.63) is 23.3 Å². The van der Waals surface area contributed by atoms with Crippen LogP contribution in [0.25, 0.3) is 0 Å². The Morgan fingerprint density at radius 3 is 1.05 bits per heavy atom. The summed E-state index contributed by atoms with van der Waals surface area (Å²) in [6.07, 6.45) is 58.4. The third kappa shape index (κ3) is 14.9. The van der Waals surface area contributed by atoms with Crippen LogP contribution in [0.2, 0.25) is 0 Å². The zero-order valence-electron chi connectivity index (χ0n) is 37.2. The molecule has 4 saturated carbocycles. The first-order chi connectivity index (χ1) is 27.2. The van der Waals surface area contributed by atoms with E-state index in [1.54, 1.807) is 114 Å². The van der Waals surface area contributed by atoms with Gasteiger partial charge in [-0.1, -0.05) is 127 Å². The maximum Gasteiger partial charge on any atom is 0.0469 e. The fourth-order valence-corrected chi connectivity index (χ4v) is 13.8. The molecular formula is C54H94O.